The molecule has 0 aromatic heterocycles. The van der Waals surface area contributed by atoms with Gasteiger partial charge in [0.2, 0.25) is 5.91 Å². The zero-order valence-electron chi connectivity index (χ0n) is 18.0. The lowest BCUT2D eigenvalue weighted by Gasteiger charge is -2.24. The third kappa shape index (κ3) is 6.17. The second-order valence-corrected chi connectivity index (χ2v) is 9.29. The highest BCUT2D eigenvalue weighted by Gasteiger charge is 2.26. The van der Waals surface area contributed by atoms with Crippen LogP contribution >= 0.6 is 0 Å². The molecule has 1 amide bonds. The van der Waals surface area contributed by atoms with Crippen molar-refractivity contribution < 1.29 is 17.6 Å². The predicted octanol–water partition coefficient (Wildman–Crippen LogP) is 4.33. The minimum absolute atomic E-state index is 0.128. The number of halogens is 1. The molecule has 3 aromatic carbocycles. The molecule has 7 heteroatoms. The number of amides is 1. The summed E-state index contributed by atoms with van der Waals surface area (Å²) in [5.41, 5.74) is 2.49. The first-order chi connectivity index (χ1) is 15.4. The number of nitrogens with one attached hydrogen (secondary N) is 1. The minimum Gasteiger partial charge on any atom is -0.355 e. The Balaban J connectivity index is 1.69. The van der Waals surface area contributed by atoms with Crippen molar-refractivity contribution in [2.75, 3.05) is 17.4 Å². The van der Waals surface area contributed by atoms with E-state index in [1.165, 1.54) is 24.3 Å². The van der Waals surface area contributed by atoms with E-state index in [0.717, 1.165) is 21.9 Å². The van der Waals surface area contributed by atoms with Crippen molar-refractivity contribution in [2.45, 2.75) is 31.1 Å². The lowest BCUT2D eigenvalue weighted by atomic mass is 10.1. The number of hydrogen-bond acceptors (Lipinski definition) is 3. The first-order valence-electron chi connectivity index (χ1n) is 10.6. The smallest absolute Gasteiger partial charge is 0.264 e. The molecule has 0 saturated carbocycles. The summed E-state index contributed by atoms with van der Waals surface area (Å²) in [7, 11) is -3.91. The van der Waals surface area contributed by atoms with E-state index in [1.807, 2.05) is 19.1 Å². The molecule has 168 valence electrons. The standard InChI is InChI=1S/C25H27FN2O3S/c1-2-20-12-16-23(17-13-20)28(32(30,31)24-8-4-3-5-9-24)19-25(29)27-18-6-7-21-10-14-22(26)15-11-21/h3-5,8-17H,2,6-7,18-19H2,1H3,(H,27,29). The molecule has 1 N–H and O–H groups in total. The van der Waals surface area contributed by atoms with E-state index in [0.29, 0.717) is 25.1 Å². The fourth-order valence-corrected chi connectivity index (χ4v) is 4.73. The Morgan fingerprint density at radius 2 is 1.53 bits per heavy atom. The van der Waals surface area contributed by atoms with Crippen LogP contribution in [0.2, 0.25) is 0 Å². The summed E-state index contributed by atoms with van der Waals surface area (Å²) in [5, 5.41) is 2.79. The Bertz CT molecular complexity index is 1120. The number of carbonyl (C=O) groups excluding carboxylic acids is 1. The van der Waals surface area contributed by atoms with Gasteiger partial charge in [0, 0.05) is 6.54 Å². The fourth-order valence-electron chi connectivity index (χ4n) is 3.29. The van der Waals surface area contributed by atoms with Gasteiger partial charge in [0.1, 0.15) is 12.4 Å². The molecule has 3 rings (SSSR count). The summed E-state index contributed by atoms with van der Waals surface area (Å²) in [6.07, 6.45) is 2.18. The van der Waals surface area contributed by atoms with Crippen molar-refractivity contribution in [2.24, 2.45) is 0 Å². The quantitative estimate of drug-likeness (QED) is 0.464. The zero-order valence-corrected chi connectivity index (χ0v) is 18.8. The predicted molar refractivity (Wildman–Crippen MR) is 125 cm³/mol. The molecule has 0 unspecified atom stereocenters. The van der Waals surface area contributed by atoms with Crippen molar-refractivity contribution in [3.63, 3.8) is 0 Å². The van der Waals surface area contributed by atoms with Crippen LogP contribution in [0, 0.1) is 5.82 Å². The lowest BCUT2D eigenvalue weighted by Crippen LogP contribution is -2.41. The summed E-state index contributed by atoms with van der Waals surface area (Å²) in [6, 6.07) is 21.5. The van der Waals surface area contributed by atoms with Crippen molar-refractivity contribution in [3.8, 4) is 0 Å². The Morgan fingerprint density at radius 3 is 2.16 bits per heavy atom. The number of benzene rings is 3. The number of nitrogens with zero attached hydrogens (tertiary/aromatic N) is 1. The molecule has 0 fully saturated rings. The topological polar surface area (TPSA) is 66.5 Å². The van der Waals surface area contributed by atoms with Crippen molar-refractivity contribution in [1.82, 2.24) is 5.32 Å². The van der Waals surface area contributed by atoms with E-state index in [1.54, 1.807) is 42.5 Å². The second kappa shape index (κ2) is 10.9. The average Bonchev–Trinajstić information content (AvgIpc) is 2.82. The SMILES string of the molecule is CCc1ccc(N(CC(=O)NCCCc2ccc(F)cc2)S(=O)(=O)c2ccccc2)cc1. The number of sulfonamides is 1. The highest BCUT2D eigenvalue weighted by atomic mass is 32.2. The third-order valence-corrected chi connectivity index (χ3v) is 6.92. The zero-order chi connectivity index (χ0) is 23.0. The van der Waals surface area contributed by atoms with Gasteiger partial charge in [-0.1, -0.05) is 49.4 Å². The first kappa shape index (κ1) is 23.5. The van der Waals surface area contributed by atoms with Crippen LogP contribution in [0.3, 0.4) is 0 Å². The maximum Gasteiger partial charge on any atom is 0.264 e. The van der Waals surface area contributed by atoms with Gasteiger partial charge in [0.25, 0.3) is 10.0 Å². The molecular formula is C25H27FN2O3S. The third-order valence-electron chi connectivity index (χ3n) is 5.13. The van der Waals surface area contributed by atoms with Crippen LogP contribution in [0.25, 0.3) is 0 Å². The summed E-state index contributed by atoms with van der Waals surface area (Å²) >= 11 is 0. The molecule has 0 aliphatic rings. The fraction of sp³-hybridized carbons (Fsp3) is 0.240. The van der Waals surface area contributed by atoms with Crippen molar-refractivity contribution in [3.05, 3.63) is 95.8 Å². The summed E-state index contributed by atoms with van der Waals surface area (Å²) in [4.78, 5) is 12.7. The van der Waals surface area contributed by atoms with Crippen LogP contribution in [-0.4, -0.2) is 27.4 Å². The van der Waals surface area contributed by atoms with Crippen LogP contribution in [0.15, 0.2) is 83.8 Å². The molecule has 0 saturated heterocycles. The average molecular weight is 455 g/mol. The highest BCUT2D eigenvalue weighted by molar-refractivity contribution is 7.92. The largest absolute Gasteiger partial charge is 0.355 e. The number of anilines is 1. The maximum atomic E-state index is 13.3. The first-order valence-corrected chi connectivity index (χ1v) is 12.0. The molecule has 0 bridgehead atoms. The van der Waals surface area contributed by atoms with Crippen LogP contribution in [0.5, 0.6) is 0 Å². The second-order valence-electron chi connectivity index (χ2n) is 7.42. The van der Waals surface area contributed by atoms with Gasteiger partial charge in [-0.3, -0.25) is 9.10 Å². The molecule has 0 atom stereocenters. The van der Waals surface area contributed by atoms with E-state index in [-0.39, 0.29) is 23.2 Å². The van der Waals surface area contributed by atoms with E-state index in [2.05, 4.69) is 5.32 Å². The molecule has 0 aliphatic carbocycles. The monoisotopic (exact) mass is 454 g/mol. The van der Waals surface area contributed by atoms with E-state index in [9.17, 15) is 17.6 Å². The molecular weight excluding hydrogens is 427 g/mol. The van der Waals surface area contributed by atoms with Gasteiger partial charge in [0.15, 0.2) is 0 Å². The molecule has 32 heavy (non-hydrogen) atoms. The van der Waals surface area contributed by atoms with E-state index >= 15 is 0 Å². The lowest BCUT2D eigenvalue weighted by molar-refractivity contribution is -0.119. The van der Waals surface area contributed by atoms with Gasteiger partial charge in [-0.2, -0.15) is 0 Å². The van der Waals surface area contributed by atoms with Gasteiger partial charge in [-0.25, -0.2) is 12.8 Å². The number of rotatable bonds is 10. The maximum absolute atomic E-state index is 13.3. The normalized spacial score (nSPS) is 11.2. The summed E-state index contributed by atoms with van der Waals surface area (Å²) < 4.78 is 40.7. The number of aryl methyl sites for hydroxylation is 2. The molecule has 0 heterocycles. The van der Waals surface area contributed by atoms with E-state index in [4.69, 9.17) is 0 Å². The number of hydrogen-bond donors (Lipinski definition) is 1. The van der Waals surface area contributed by atoms with Crippen LogP contribution in [0.1, 0.15) is 24.5 Å². The molecule has 3 aromatic rings. The molecule has 5 nitrogen and oxygen atoms in total. The van der Waals surface area contributed by atoms with Crippen molar-refractivity contribution in [1.29, 1.82) is 0 Å². The number of carbonyl (C=O) groups is 1. The van der Waals surface area contributed by atoms with Gasteiger partial charge in [-0.05, 0) is 66.8 Å². The Hall–Kier alpha value is -3.19. The summed E-state index contributed by atoms with van der Waals surface area (Å²) in [5.74, 6) is -0.670. The highest BCUT2D eigenvalue weighted by Crippen LogP contribution is 2.24. The molecule has 0 aliphatic heterocycles. The molecule has 0 spiro atoms. The molecule has 0 radical (unpaired) electrons. The minimum atomic E-state index is -3.91. The Morgan fingerprint density at radius 1 is 0.906 bits per heavy atom. The van der Waals surface area contributed by atoms with E-state index < -0.39 is 10.0 Å². The Labute approximate surface area is 188 Å². The van der Waals surface area contributed by atoms with Crippen LogP contribution < -0.4 is 9.62 Å². The van der Waals surface area contributed by atoms with Gasteiger partial charge in [-0.15, -0.1) is 0 Å². The van der Waals surface area contributed by atoms with Gasteiger partial charge < -0.3 is 5.32 Å². The van der Waals surface area contributed by atoms with Gasteiger partial charge in [0.05, 0.1) is 10.6 Å². The Kier molecular flexibility index (Phi) is 8.00. The van der Waals surface area contributed by atoms with Crippen LogP contribution in [0.4, 0.5) is 10.1 Å². The van der Waals surface area contributed by atoms with Crippen molar-refractivity contribution >= 4 is 21.6 Å². The van der Waals surface area contributed by atoms with Crippen LogP contribution in [-0.2, 0) is 27.7 Å². The van der Waals surface area contributed by atoms with Gasteiger partial charge >= 0.3 is 0 Å². The summed E-state index contributed by atoms with van der Waals surface area (Å²) in [6.45, 7) is 2.09.